The van der Waals surface area contributed by atoms with E-state index in [2.05, 4.69) is 5.32 Å². The third-order valence-electron chi connectivity index (χ3n) is 3.37. The van der Waals surface area contributed by atoms with Crippen LogP contribution < -0.4 is 5.32 Å². The van der Waals surface area contributed by atoms with E-state index in [9.17, 15) is 19.3 Å². The van der Waals surface area contributed by atoms with E-state index in [1.807, 2.05) is 0 Å². The summed E-state index contributed by atoms with van der Waals surface area (Å²) in [5.74, 6) is -1.28. The number of nitrogens with one attached hydrogen (secondary N) is 1. The van der Waals surface area contributed by atoms with Gasteiger partial charge in [-0.2, -0.15) is 0 Å². The van der Waals surface area contributed by atoms with Crippen LogP contribution in [0.2, 0.25) is 0 Å². The van der Waals surface area contributed by atoms with Crippen molar-refractivity contribution in [3.8, 4) is 0 Å². The van der Waals surface area contributed by atoms with Crippen molar-refractivity contribution < 1.29 is 23.6 Å². The molecular weight excluding hydrogens is 331 g/mol. The number of halogens is 1. The monoisotopic (exact) mass is 348 g/mol. The number of rotatable bonds is 8. The Labute approximate surface area is 143 Å². The number of anilines is 1. The molecule has 0 aliphatic heterocycles. The molecule has 0 unspecified atom stereocenters. The maximum atomic E-state index is 13.6. The predicted molar refractivity (Wildman–Crippen MR) is 89.0 cm³/mol. The van der Waals surface area contributed by atoms with Crippen molar-refractivity contribution >= 4 is 17.3 Å². The van der Waals surface area contributed by atoms with Crippen molar-refractivity contribution in [1.82, 2.24) is 0 Å². The molecule has 0 bridgehead atoms. The normalized spacial score (nSPS) is 10.3. The molecule has 0 saturated heterocycles. The summed E-state index contributed by atoms with van der Waals surface area (Å²) in [5.41, 5.74) is 0.355. The van der Waals surface area contributed by atoms with Gasteiger partial charge in [-0.1, -0.05) is 18.2 Å². The summed E-state index contributed by atoms with van der Waals surface area (Å²) < 4.78 is 23.6. The number of ether oxygens (including phenoxy) is 2. The van der Waals surface area contributed by atoms with E-state index in [1.165, 1.54) is 37.4 Å². The molecule has 2 rings (SSSR count). The van der Waals surface area contributed by atoms with Crippen molar-refractivity contribution in [2.75, 3.05) is 25.6 Å². The van der Waals surface area contributed by atoms with Crippen LogP contribution in [0.25, 0.3) is 0 Å². The van der Waals surface area contributed by atoms with Crippen LogP contribution in [-0.2, 0) is 16.1 Å². The second kappa shape index (κ2) is 8.74. The molecule has 8 heteroatoms. The summed E-state index contributed by atoms with van der Waals surface area (Å²) in [4.78, 5) is 22.6. The quantitative estimate of drug-likeness (QED) is 0.341. The summed E-state index contributed by atoms with van der Waals surface area (Å²) >= 11 is 0. The van der Waals surface area contributed by atoms with Crippen molar-refractivity contribution in [1.29, 1.82) is 0 Å². The lowest BCUT2D eigenvalue weighted by atomic mass is 10.1. The van der Waals surface area contributed by atoms with Crippen molar-refractivity contribution in [2.45, 2.75) is 6.61 Å². The van der Waals surface area contributed by atoms with Crippen LogP contribution in [0.5, 0.6) is 0 Å². The zero-order chi connectivity index (χ0) is 18.2. The number of nitro groups is 1. The Morgan fingerprint density at radius 2 is 2.04 bits per heavy atom. The number of nitro benzene ring substituents is 1. The first-order valence-corrected chi connectivity index (χ1v) is 7.44. The minimum Gasteiger partial charge on any atom is -0.457 e. The average molecular weight is 348 g/mol. The molecule has 0 spiro atoms. The molecule has 25 heavy (non-hydrogen) atoms. The van der Waals surface area contributed by atoms with E-state index in [0.717, 1.165) is 6.07 Å². The molecular formula is C17H17FN2O5. The molecule has 0 radical (unpaired) electrons. The third kappa shape index (κ3) is 4.98. The van der Waals surface area contributed by atoms with Gasteiger partial charge in [0.15, 0.2) is 0 Å². The van der Waals surface area contributed by atoms with Gasteiger partial charge in [0.25, 0.3) is 5.69 Å². The summed E-state index contributed by atoms with van der Waals surface area (Å²) in [6.07, 6.45) is 0. The number of carbonyl (C=O) groups is 1. The van der Waals surface area contributed by atoms with Crippen molar-refractivity contribution in [3.63, 3.8) is 0 Å². The molecule has 2 aromatic rings. The van der Waals surface area contributed by atoms with E-state index in [-0.39, 0.29) is 23.4 Å². The van der Waals surface area contributed by atoms with Gasteiger partial charge in [0.1, 0.15) is 12.4 Å². The number of benzene rings is 2. The van der Waals surface area contributed by atoms with Gasteiger partial charge in [-0.15, -0.1) is 0 Å². The van der Waals surface area contributed by atoms with Crippen LogP contribution in [0.4, 0.5) is 15.8 Å². The first kappa shape index (κ1) is 18.3. The second-order valence-corrected chi connectivity index (χ2v) is 5.07. The minimum atomic E-state index is -0.785. The first-order chi connectivity index (χ1) is 12.0. The second-order valence-electron chi connectivity index (χ2n) is 5.07. The van der Waals surface area contributed by atoms with E-state index in [1.54, 1.807) is 6.07 Å². The summed E-state index contributed by atoms with van der Waals surface area (Å²) in [5, 5.41) is 13.9. The lowest BCUT2D eigenvalue weighted by molar-refractivity contribution is -0.384. The SMILES string of the molecule is COCCNc1ccc([N+](=O)[O-])cc1C(=O)OCc1ccccc1F. The van der Waals surface area contributed by atoms with Crippen LogP contribution >= 0.6 is 0 Å². The number of hydrogen-bond acceptors (Lipinski definition) is 6. The molecule has 0 saturated carbocycles. The van der Waals surface area contributed by atoms with Crippen molar-refractivity contribution in [3.05, 3.63) is 69.5 Å². The Bertz CT molecular complexity index is 766. The van der Waals surface area contributed by atoms with E-state index in [0.29, 0.717) is 18.8 Å². The Kier molecular flexibility index (Phi) is 6.41. The maximum absolute atomic E-state index is 13.6. The van der Waals surface area contributed by atoms with Gasteiger partial charge in [0.05, 0.1) is 17.1 Å². The minimum absolute atomic E-state index is 0.00152. The Balaban J connectivity index is 2.18. The van der Waals surface area contributed by atoms with Crippen molar-refractivity contribution in [2.24, 2.45) is 0 Å². The fourth-order valence-corrected chi connectivity index (χ4v) is 2.09. The molecule has 0 aliphatic carbocycles. The number of esters is 1. The average Bonchev–Trinajstić information content (AvgIpc) is 2.61. The first-order valence-electron chi connectivity index (χ1n) is 7.44. The van der Waals surface area contributed by atoms with Gasteiger partial charge in [-0.3, -0.25) is 10.1 Å². The summed E-state index contributed by atoms with van der Waals surface area (Å²) in [6.45, 7) is 0.522. The largest absolute Gasteiger partial charge is 0.457 e. The molecule has 0 amide bonds. The fourth-order valence-electron chi connectivity index (χ4n) is 2.09. The summed E-state index contributed by atoms with van der Waals surface area (Å²) in [6, 6.07) is 9.73. The van der Waals surface area contributed by atoms with E-state index >= 15 is 0 Å². The zero-order valence-corrected chi connectivity index (χ0v) is 13.5. The van der Waals surface area contributed by atoms with Crippen LogP contribution in [0, 0.1) is 15.9 Å². The standard InChI is InChI=1S/C17H17FN2O5/c1-24-9-8-19-16-7-6-13(20(22)23)10-14(16)17(21)25-11-12-4-2-3-5-15(12)18/h2-7,10,19H,8-9,11H2,1H3. The van der Waals surface area contributed by atoms with Gasteiger partial charge in [-0.25, -0.2) is 9.18 Å². The molecule has 0 heterocycles. The van der Waals surface area contributed by atoms with Gasteiger partial charge in [0.2, 0.25) is 0 Å². The number of carbonyl (C=O) groups excluding carboxylic acids is 1. The van der Waals surface area contributed by atoms with Crippen LogP contribution in [-0.4, -0.2) is 31.2 Å². The van der Waals surface area contributed by atoms with Crippen LogP contribution in [0.1, 0.15) is 15.9 Å². The fraction of sp³-hybridized carbons (Fsp3) is 0.235. The van der Waals surface area contributed by atoms with E-state index < -0.39 is 16.7 Å². The number of non-ortho nitro benzene ring substituents is 1. The molecule has 7 nitrogen and oxygen atoms in total. The molecule has 132 valence electrons. The lowest BCUT2D eigenvalue weighted by Crippen LogP contribution is -2.13. The molecule has 2 aromatic carbocycles. The Hall–Kier alpha value is -3.00. The highest BCUT2D eigenvalue weighted by Crippen LogP contribution is 2.23. The predicted octanol–water partition coefficient (Wildman–Crippen LogP) is 3.15. The Morgan fingerprint density at radius 1 is 1.28 bits per heavy atom. The maximum Gasteiger partial charge on any atom is 0.340 e. The van der Waals surface area contributed by atoms with Gasteiger partial charge in [0, 0.05) is 37.0 Å². The zero-order valence-electron chi connectivity index (χ0n) is 13.5. The third-order valence-corrected chi connectivity index (χ3v) is 3.37. The molecule has 0 fully saturated rings. The highest BCUT2D eigenvalue weighted by atomic mass is 19.1. The molecule has 0 aromatic heterocycles. The smallest absolute Gasteiger partial charge is 0.340 e. The highest BCUT2D eigenvalue weighted by Gasteiger charge is 2.18. The lowest BCUT2D eigenvalue weighted by Gasteiger charge is -2.12. The number of methoxy groups -OCH3 is 1. The van der Waals surface area contributed by atoms with Gasteiger partial charge < -0.3 is 14.8 Å². The molecule has 1 N–H and O–H groups in total. The topological polar surface area (TPSA) is 90.7 Å². The van der Waals surface area contributed by atoms with Gasteiger partial charge in [-0.05, 0) is 12.1 Å². The summed E-state index contributed by atoms with van der Waals surface area (Å²) in [7, 11) is 1.53. The highest BCUT2D eigenvalue weighted by molar-refractivity contribution is 5.96. The Morgan fingerprint density at radius 3 is 2.72 bits per heavy atom. The van der Waals surface area contributed by atoms with Crippen LogP contribution in [0.3, 0.4) is 0 Å². The molecule has 0 atom stereocenters. The number of nitrogens with zero attached hydrogens (tertiary/aromatic N) is 1. The van der Waals surface area contributed by atoms with E-state index in [4.69, 9.17) is 9.47 Å². The number of hydrogen-bond donors (Lipinski definition) is 1. The van der Waals surface area contributed by atoms with Crippen LogP contribution in [0.15, 0.2) is 42.5 Å². The molecule has 0 aliphatic rings. The van der Waals surface area contributed by atoms with Gasteiger partial charge >= 0.3 is 5.97 Å².